The van der Waals surface area contributed by atoms with Crippen LogP contribution < -0.4 is 14.4 Å². The summed E-state index contributed by atoms with van der Waals surface area (Å²) in [4.78, 5) is 28.9. The maximum absolute atomic E-state index is 14.2. The Balaban J connectivity index is 2.11. The molecule has 0 bridgehead atoms. The van der Waals surface area contributed by atoms with Gasteiger partial charge in [-0.15, -0.1) is 0 Å². The van der Waals surface area contributed by atoms with E-state index in [0.717, 1.165) is 4.31 Å². The third-order valence-corrected chi connectivity index (χ3v) is 9.07. The summed E-state index contributed by atoms with van der Waals surface area (Å²) >= 11 is 12.5. The van der Waals surface area contributed by atoms with Crippen LogP contribution in [0, 0.1) is 0 Å². The van der Waals surface area contributed by atoms with Gasteiger partial charge in [-0.25, -0.2) is 8.42 Å². The van der Waals surface area contributed by atoms with Gasteiger partial charge in [0.2, 0.25) is 11.8 Å². The lowest BCUT2D eigenvalue weighted by Gasteiger charge is -2.34. The zero-order valence-corrected chi connectivity index (χ0v) is 25.8. The van der Waals surface area contributed by atoms with Gasteiger partial charge in [-0.05, 0) is 61.7 Å². The number of sulfonamides is 1. The lowest BCUT2D eigenvalue weighted by molar-refractivity contribution is -0.140. The van der Waals surface area contributed by atoms with E-state index < -0.39 is 28.5 Å². The number of ether oxygens (including phenoxy) is 1. The molecule has 3 rings (SSSR count). The van der Waals surface area contributed by atoms with Crippen molar-refractivity contribution in [3.05, 3.63) is 88.4 Å². The van der Waals surface area contributed by atoms with Crippen LogP contribution in [-0.2, 0) is 26.2 Å². The summed E-state index contributed by atoms with van der Waals surface area (Å²) in [5.41, 5.74) is 0.753. The van der Waals surface area contributed by atoms with E-state index in [0.29, 0.717) is 28.5 Å². The molecule has 0 saturated heterocycles. The topological polar surface area (TPSA) is 96.0 Å². The molecule has 0 saturated carbocycles. The Hall–Kier alpha value is -3.27. The van der Waals surface area contributed by atoms with Crippen molar-refractivity contribution in [1.82, 2.24) is 10.2 Å². The minimum atomic E-state index is -4.22. The summed E-state index contributed by atoms with van der Waals surface area (Å²) in [5.74, 6) is -0.656. The quantitative estimate of drug-likeness (QED) is 0.256. The van der Waals surface area contributed by atoms with Gasteiger partial charge in [0.1, 0.15) is 18.3 Å². The minimum absolute atomic E-state index is 0.00700. The first kappa shape index (κ1) is 32.2. The number of halogens is 2. The second-order valence-corrected chi connectivity index (χ2v) is 12.2. The van der Waals surface area contributed by atoms with E-state index in [1.165, 1.54) is 24.1 Å². The lowest BCUT2D eigenvalue weighted by atomic mass is 10.1. The summed E-state index contributed by atoms with van der Waals surface area (Å²) < 4.78 is 34.4. The summed E-state index contributed by atoms with van der Waals surface area (Å²) in [5, 5.41) is 3.70. The highest BCUT2D eigenvalue weighted by molar-refractivity contribution is 7.92. The lowest BCUT2D eigenvalue weighted by Crippen LogP contribution is -2.53. The van der Waals surface area contributed by atoms with Gasteiger partial charge in [-0.2, -0.15) is 0 Å². The summed E-state index contributed by atoms with van der Waals surface area (Å²) in [7, 11) is -2.79. The van der Waals surface area contributed by atoms with Crippen LogP contribution in [0.15, 0.2) is 77.7 Å². The Morgan fingerprint density at radius 1 is 0.951 bits per heavy atom. The van der Waals surface area contributed by atoms with Gasteiger partial charge in [0.05, 0.1) is 17.7 Å². The van der Waals surface area contributed by atoms with Gasteiger partial charge in [-0.3, -0.25) is 13.9 Å². The molecule has 0 aliphatic rings. The number of amides is 2. The monoisotopic (exact) mass is 619 g/mol. The normalized spacial score (nSPS) is 12.7. The number of benzene rings is 3. The highest BCUT2D eigenvalue weighted by atomic mass is 35.5. The van der Waals surface area contributed by atoms with Crippen molar-refractivity contribution in [3.63, 3.8) is 0 Å². The van der Waals surface area contributed by atoms with Gasteiger partial charge in [0, 0.05) is 22.6 Å². The molecule has 2 amide bonds. The Labute approximate surface area is 252 Å². The van der Waals surface area contributed by atoms with Crippen LogP contribution in [0.4, 0.5) is 5.69 Å². The van der Waals surface area contributed by atoms with Gasteiger partial charge in [0.25, 0.3) is 10.0 Å². The Bertz CT molecular complexity index is 1450. The number of nitrogens with zero attached hydrogens (tertiary/aromatic N) is 2. The fourth-order valence-electron chi connectivity index (χ4n) is 4.26. The van der Waals surface area contributed by atoms with Crippen molar-refractivity contribution in [1.29, 1.82) is 0 Å². The predicted molar refractivity (Wildman–Crippen MR) is 163 cm³/mol. The van der Waals surface area contributed by atoms with E-state index in [4.69, 9.17) is 27.9 Å². The molecular formula is C30H35Cl2N3O5S. The minimum Gasteiger partial charge on any atom is -0.495 e. The van der Waals surface area contributed by atoms with E-state index in [1.54, 1.807) is 67.6 Å². The molecule has 3 aromatic carbocycles. The molecule has 220 valence electrons. The van der Waals surface area contributed by atoms with Crippen LogP contribution in [0.2, 0.25) is 10.0 Å². The summed E-state index contributed by atoms with van der Waals surface area (Å²) in [6.45, 7) is 5.00. The molecule has 0 aliphatic heterocycles. The third-order valence-electron chi connectivity index (χ3n) is 6.71. The van der Waals surface area contributed by atoms with Gasteiger partial charge in [-0.1, -0.05) is 73.4 Å². The fraction of sp³-hybridized carbons (Fsp3) is 0.333. The number of anilines is 1. The van der Waals surface area contributed by atoms with Crippen molar-refractivity contribution in [3.8, 4) is 5.75 Å². The number of para-hydroxylation sites is 2. The zero-order chi connectivity index (χ0) is 30.2. The standard InChI is InChI=1S/C30H35Cl2N3O5S/c1-5-21(3)33-30(37)26(6-2)34(19-22-16-17-23(31)18-25(22)32)29(36)20-35(27-14-10-11-15-28(27)40-4)41(38,39)24-12-8-7-9-13-24/h7-18,21,26H,5-6,19-20H2,1-4H3,(H,33,37)/t21-,26-/m0/s1. The molecule has 41 heavy (non-hydrogen) atoms. The van der Waals surface area contributed by atoms with Crippen LogP contribution in [0.25, 0.3) is 0 Å². The average Bonchev–Trinajstić information content (AvgIpc) is 2.97. The number of rotatable bonds is 13. The van der Waals surface area contributed by atoms with Crippen LogP contribution in [0.5, 0.6) is 5.75 Å². The molecule has 0 heterocycles. The van der Waals surface area contributed by atoms with Crippen LogP contribution in [0.1, 0.15) is 39.2 Å². The maximum atomic E-state index is 14.2. The van der Waals surface area contributed by atoms with Gasteiger partial charge < -0.3 is 15.0 Å². The van der Waals surface area contributed by atoms with E-state index in [9.17, 15) is 18.0 Å². The molecule has 3 aromatic rings. The first-order valence-corrected chi connectivity index (χ1v) is 15.5. The molecular weight excluding hydrogens is 585 g/mol. The van der Waals surface area contributed by atoms with E-state index in [2.05, 4.69) is 5.32 Å². The molecule has 0 spiro atoms. The smallest absolute Gasteiger partial charge is 0.264 e. The molecule has 0 aliphatic carbocycles. The highest BCUT2D eigenvalue weighted by Crippen LogP contribution is 2.33. The van der Waals surface area contributed by atoms with Crippen LogP contribution >= 0.6 is 23.2 Å². The van der Waals surface area contributed by atoms with Crippen LogP contribution in [-0.4, -0.2) is 50.9 Å². The molecule has 1 N–H and O–H groups in total. The van der Waals surface area contributed by atoms with E-state index in [1.807, 2.05) is 13.8 Å². The molecule has 8 nitrogen and oxygen atoms in total. The predicted octanol–water partition coefficient (Wildman–Crippen LogP) is 5.92. The summed E-state index contributed by atoms with van der Waals surface area (Å²) in [6, 6.07) is 18.3. The van der Waals surface area contributed by atoms with Crippen molar-refractivity contribution in [2.24, 2.45) is 0 Å². The van der Waals surface area contributed by atoms with Crippen molar-refractivity contribution in [2.75, 3.05) is 18.0 Å². The molecule has 0 unspecified atom stereocenters. The number of carbonyl (C=O) groups is 2. The number of carbonyl (C=O) groups excluding carboxylic acids is 2. The number of methoxy groups -OCH3 is 1. The fourth-order valence-corrected chi connectivity index (χ4v) is 6.18. The Kier molecular flexibility index (Phi) is 11.5. The van der Waals surface area contributed by atoms with E-state index >= 15 is 0 Å². The average molecular weight is 621 g/mol. The number of hydrogen-bond acceptors (Lipinski definition) is 5. The largest absolute Gasteiger partial charge is 0.495 e. The number of nitrogens with one attached hydrogen (secondary N) is 1. The van der Waals surface area contributed by atoms with Crippen molar-refractivity contribution in [2.45, 2.75) is 57.1 Å². The second-order valence-electron chi connectivity index (χ2n) is 9.50. The zero-order valence-electron chi connectivity index (χ0n) is 23.5. The van der Waals surface area contributed by atoms with Crippen molar-refractivity contribution < 1.29 is 22.7 Å². The Morgan fingerprint density at radius 2 is 1.61 bits per heavy atom. The summed E-state index contributed by atoms with van der Waals surface area (Å²) in [6.07, 6.45) is 0.995. The number of hydrogen-bond donors (Lipinski definition) is 1. The molecule has 0 fully saturated rings. The van der Waals surface area contributed by atoms with Gasteiger partial charge >= 0.3 is 0 Å². The molecule has 2 atom stereocenters. The van der Waals surface area contributed by atoms with Crippen LogP contribution in [0.3, 0.4) is 0 Å². The van der Waals surface area contributed by atoms with Gasteiger partial charge in [0.15, 0.2) is 0 Å². The molecule has 0 radical (unpaired) electrons. The SMILES string of the molecule is CC[C@H](C)NC(=O)[C@H](CC)N(Cc1ccc(Cl)cc1Cl)C(=O)CN(c1ccccc1OC)S(=O)(=O)c1ccccc1. The van der Waals surface area contributed by atoms with E-state index in [-0.39, 0.29) is 34.8 Å². The first-order chi connectivity index (χ1) is 19.5. The molecule has 11 heteroatoms. The third kappa shape index (κ3) is 7.93. The van der Waals surface area contributed by atoms with Crippen molar-refractivity contribution >= 4 is 50.7 Å². The molecule has 0 aromatic heterocycles. The first-order valence-electron chi connectivity index (χ1n) is 13.3. The maximum Gasteiger partial charge on any atom is 0.264 e. The Morgan fingerprint density at radius 3 is 2.22 bits per heavy atom. The highest BCUT2D eigenvalue weighted by Gasteiger charge is 2.35. The second kappa shape index (κ2) is 14.6.